The van der Waals surface area contributed by atoms with E-state index in [4.69, 9.17) is 9.16 Å². The quantitative estimate of drug-likeness (QED) is 0.236. The van der Waals surface area contributed by atoms with Gasteiger partial charge in [-0.25, -0.2) is 0 Å². The van der Waals surface area contributed by atoms with E-state index in [0.717, 1.165) is 0 Å². The van der Waals surface area contributed by atoms with Gasteiger partial charge in [0.2, 0.25) is 0 Å². The molecule has 1 rings (SSSR count). The molecule has 0 aliphatic carbocycles. The molecule has 1 unspecified atom stereocenters. The lowest BCUT2D eigenvalue weighted by atomic mass is 10.1. The van der Waals surface area contributed by atoms with Crippen LogP contribution in [-0.2, 0) is 4.43 Å². The van der Waals surface area contributed by atoms with Crippen LogP contribution in [0.25, 0.3) is 0 Å². The van der Waals surface area contributed by atoms with Crippen molar-refractivity contribution in [3.63, 3.8) is 0 Å². The first-order valence-electron chi connectivity index (χ1n) is 10.4. The average Bonchev–Trinajstić information content (AvgIpc) is 2.58. The van der Waals surface area contributed by atoms with E-state index in [1.54, 1.807) is 12.1 Å². The van der Waals surface area contributed by atoms with Crippen LogP contribution < -0.4 is 4.74 Å². The van der Waals surface area contributed by atoms with Gasteiger partial charge in [-0.15, -0.1) is 11.5 Å². The summed E-state index contributed by atoms with van der Waals surface area (Å²) in [5, 5.41) is 21.9. The van der Waals surface area contributed by atoms with Crippen molar-refractivity contribution in [2.24, 2.45) is 0 Å². The molecule has 0 bridgehead atoms. The van der Waals surface area contributed by atoms with Crippen molar-refractivity contribution in [2.75, 3.05) is 6.61 Å². The molecule has 0 saturated heterocycles. The van der Waals surface area contributed by atoms with Crippen molar-refractivity contribution in [1.29, 1.82) is 0 Å². The Morgan fingerprint density at radius 3 is 2.37 bits per heavy atom. The summed E-state index contributed by atoms with van der Waals surface area (Å²) in [6.07, 6.45) is -0.599. The first-order chi connectivity index (χ1) is 13.6. The Balaban J connectivity index is 2.94. The third-order valence-electron chi connectivity index (χ3n) is 5.19. The highest BCUT2D eigenvalue weighted by Crippen LogP contribution is 2.36. The molecule has 0 aromatic heterocycles. The largest absolute Gasteiger partial charge is 0.487 e. The standard InChI is InChI=1S/C22H37NO5Si2/c1-22(2,3)30(7,8)27-15-14-21(20(24)13-10-16-29(4,5)6)28-19-12-9-11-18(17-19)23(25)26/h9,11-12,17,20-21,24H,13-15H2,1-8H3/t20?,21-/m0/s1. The average molecular weight is 452 g/mol. The van der Waals surface area contributed by atoms with Crippen molar-refractivity contribution in [3.05, 3.63) is 34.4 Å². The van der Waals surface area contributed by atoms with Crippen LogP contribution >= 0.6 is 0 Å². The molecule has 8 heteroatoms. The monoisotopic (exact) mass is 451 g/mol. The summed E-state index contributed by atoms with van der Waals surface area (Å²) in [5.74, 6) is 3.45. The Morgan fingerprint density at radius 1 is 1.20 bits per heavy atom. The van der Waals surface area contributed by atoms with Gasteiger partial charge in [0, 0.05) is 25.5 Å². The number of rotatable bonds is 9. The maximum Gasteiger partial charge on any atom is 0.273 e. The molecule has 0 radical (unpaired) electrons. The van der Waals surface area contributed by atoms with E-state index in [9.17, 15) is 15.2 Å². The minimum Gasteiger partial charge on any atom is -0.487 e. The van der Waals surface area contributed by atoms with Gasteiger partial charge in [0.15, 0.2) is 8.32 Å². The van der Waals surface area contributed by atoms with Gasteiger partial charge in [-0.1, -0.05) is 46.5 Å². The fourth-order valence-corrected chi connectivity index (χ4v) is 4.07. The SMILES string of the molecule is CC(C)(C)[Si](C)(C)OCC[C@H](Oc1cccc([N+](=O)[O-])c1)C(O)CC#C[Si](C)(C)C. The predicted molar refractivity (Wildman–Crippen MR) is 127 cm³/mol. The molecule has 168 valence electrons. The molecule has 1 N–H and O–H groups in total. The molecule has 0 saturated carbocycles. The fraction of sp³-hybridized carbons (Fsp3) is 0.636. The Bertz CT molecular complexity index is 772. The van der Waals surface area contributed by atoms with Gasteiger partial charge in [0.25, 0.3) is 5.69 Å². The van der Waals surface area contributed by atoms with E-state index in [2.05, 4.69) is 65.0 Å². The number of nitro benzene ring substituents is 1. The zero-order valence-corrected chi connectivity index (χ0v) is 21.6. The van der Waals surface area contributed by atoms with Crippen molar-refractivity contribution >= 4 is 22.1 Å². The highest BCUT2D eigenvalue weighted by Gasteiger charge is 2.37. The number of aliphatic hydroxyl groups excluding tert-OH is 1. The molecular formula is C22H37NO5Si2. The Morgan fingerprint density at radius 2 is 1.83 bits per heavy atom. The van der Waals surface area contributed by atoms with Crippen LogP contribution in [-0.4, -0.2) is 45.2 Å². The second-order valence-electron chi connectivity index (χ2n) is 10.1. The van der Waals surface area contributed by atoms with Crippen LogP contribution in [0, 0.1) is 21.6 Å². The second-order valence-corrected chi connectivity index (χ2v) is 19.7. The molecule has 0 aliphatic rings. The number of non-ortho nitro benzene ring substituents is 1. The molecule has 0 spiro atoms. The van der Waals surface area contributed by atoms with Gasteiger partial charge >= 0.3 is 0 Å². The normalized spacial score (nSPS) is 14.4. The molecule has 2 atom stereocenters. The topological polar surface area (TPSA) is 81.8 Å². The summed E-state index contributed by atoms with van der Waals surface area (Å²) in [6, 6.07) is 6.03. The van der Waals surface area contributed by atoms with Crippen LogP contribution in [0.15, 0.2) is 24.3 Å². The van der Waals surface area contributed by atoms with Crippen molar-refractivity contribution in [3.8, 4) is 17.2 Å². The summed E-state index contributed by atoms with van der Waals surface area (Å²) >= 11 is 0. The highest BCUT2D eigenvalue weighted by molar-refractivity contribution is 6.83. The van der Waals surface area contributed by atoms with Crippen LogP contribution in [0.4, 0.5) is 5.69 Å². The Hall–Kier alpha value is -1.67. The van der Waals surface area contributed by atoms with Gasteiger partial charge in [-0.2, -0.15) is 0 Å². The zero-order chi connectivity index (χ0) is 23.2. The van der Waals surface area contributed by atoms with E-state index in [1.165, 1.54) is 12.1 Å². The number of hydrogen-bond acceptors (Lipinski definition) is 5. The van der Waals surface area contributed by atoms with Crippen LogP contribution in [0.1, 0.15) is 33.6 Å². The maximum atomic E-state index is 11.1. The Labute approximate surface area is 183 Å². The van der Waals surface area contributed by atoms with Crippen molar-refractivity contribution in [1.82, 2.24) is 0 Å². The molecule has 0 heterocycles. The Kier molecular flexibility index (Phi) is 9.30. The molecule has 0 fully saturated rings. The van der Waals surface area contributed by atoms with Crippen LogP contribution in [0.3, 0.4) is 0 Å². The number of nitro groups is 1. The van der Waals surface area contributed by atoms with Gasteiger partial charge in [-0.3, -0.25) is 10.1 Å². The van der Waals surface area contributed by atoms with Crippen LogP contribution in [0.5, 0.6) is 5.75 Å². The molecule has 30 heavy (non-hydrogen) atoms. The third-order valence-corrected chi connectivity index (χ3v) is 10.7. The van der Waals surface area contributed by atoms with E-state index >= 15 is 0 Å². The van der Waals surface area contributed by atoms with Crippen LogP contribution in [0.2, 0.25) is 37.8 Å². The number of benzene rings is 1. The fourth-order valence-electron chi connectivity index (χ4n) is 2.37. The number of aliphatic hydroxyl groups is 1. The molecular weight excluding hydrogens is 414 g/mol. The smallest absolute Gasteiger partial charge is 0.273 e. The maximum absolute atomic E-state index is 11.1. The second kappa shape index (κ2) is 10.6. The van der Waals surface area contributed by atoms with Gasteiger partial charge in [-0.05, 0) is 24.2 Å². The van der Waals surface area contributed by atoms with E-state index < -0.39 is 33.5 Å². The van der Waals surface area contributed by atoms with Gasteiger partial charge in [0.05, 0.1) is 11.0 Å². The van der Waals surface area contributed by atoms with E-state index in [0.29, 0.717) is 25.2 Å². The first kappa shape index (κ1) is 26.4. The van der Waals surface area contributed by atoms with Crippen molar-refractivity contribution < 1.29 is 19.2 Å². The van der Waals surface area contributed by atoms with Gasteiger partial charge < -0.3 is 14.3 Å². The van der Waals surface area contributed by atoms with Gasteiger partial charge in [0.1, 0.15) is 26.0 Å². The minimum atomic E-state index is -1.92. The molecule has 6 nitrogen and oxygen atoms in total. The lowest BCUT2D eigenvalue weighted by Crippen LogP contribution is -2.42. The molecule has 0 aliphatic heterocycles. The summed E-state index contributed by atoms with van der Waals surface area (Å²) in [7, 11) is -3.45. The van der Waals surface area contributed by atoms with E-state index in [-0.39, 0.29) is 10.7 Å². The number of hydrogen-bond donors (Lipinski definition) is 1. The lowest BCUT2D eigenvalue weighted by Gasteiger charge is -2.36. The first-order valence-corrected chi connectivity index (χ1v) is 16.8. The molecule has 1 aromatic carbocycles. The molecule has 0 amide bonds. The summed E-state index contributed by atoms with van der Waals surface area (Å²) in [5.41, 5.74) is 3.21. The summed E-state index contributed by atoms with van der Waals surface area (Å²) < 4.78 is 12.2. The predicted octanol–water partition coefficient (Wildman–Crippen LogP) is 5.39. The lowest BCUT2D eigenvalue weighted by molar-refractivity contribution is -0.385. The summed E-state index contributed by atoms with van der Waals surface area (Å²) in [6.45, 7) is 17.8. The summed E-state index contributed by atoms with van der Waals surface area (Å²) in [4.78, 5) is 10.6. The third kappa shape index (κ3) is 9.00. The molecule has 1 aromatic rings. The highest BCUT2D eigenvalue weighted by atomic mass is 28.4. The van der Waals surface area contributed by atoms with Crippen molar-refractivity contribution in [2.45, 2.75) is 83.6 Å². The number of ether oxygens (including phenoxy) is 1. The van der Waals surface area contributed by atoms with E-state index in [1.807, 2.05) is 0 Å². The number of nitrogens with zero attached hydrogens (tertiary/aromatic N) is 1. The minimum absolute atomic E-state index is 0.0446. The zero-order valence-electron chi connectivity index (χ0n) is 19.6.